The van der Waals surface area contributed by atoms with Crippen molar-refractivity contribution in [3.8, 4) is 0 Å². The van der Waals surface area contributed by atoms with E-state index in [1.807, 2.05) is 0 Å². The molecule has 2 fully saturated rings. The highest BCUT2D eigenvalue weighted by molar-refractivity contribution is 6.89. The zero-order chi connectivity index (χ0) is 16.1. The highest BCUT2D eigenvalue weighted by Crippen LogP contribution is 2.48. The third-order valence-corrected chi connectivity index (χ3v) is 11.8. The lowest BCUT2D eigenvalue weighted by atomic mass is 9.99. The third-order valence-electron chi connectivity index (χ3n) is 6.08. The molecule has 3 rings (SSSR count). The summed E-state index contributed by atoms with van der Waals surface area (Å²) in [6.07, 6.45) is 14.5. The van der Waals surface area contributed by atoms with Gasteiger partial charge >= 0.3 is 0 Å². The second-order valence-electron chi connectivity index (χ2n) is 8.00. The summed E-state index contributed by atoms with van der Waals surface area (Å²) in [6.45, 7) is 4.52. The second-order valence-corrected chi connectivity index (χ2v) is 12.0. The Balaban J connectivity index is 2.03. The van der Waals surface area contributed by atoms with Crippen LogP contribution in [-0.4, -0.2) is 14.4 Å². The predicted molar refractivity (Wildman–Crippen MR) is 102 cm³/mol. The minimum absolute atomic E-state index is 0.353. The lowest BCUT2D eigenvalue weighted by Crippen LogP contribution is -2.60. The van der Waals surface area contributed by atoms with Gasteiger partial charge in [-0.25, -0.2) is 0 Å². The second kappa shape index (κ2) is 7.98. The Bertz CT molecular complexity index is 440. The average Bonchev–Trinajstić information content (AvgIpc) is 2.62. The molecule has 0 aromatic heterocycles. The van der Waals surface area contributed by atoms with Crippen molar-refractivity contribution in [3.05, 3.63) is 30.3 Å². The van der Waals surface area contributed by atoms with Crippen molar-refractivity contribution in [1.82, 2.24) is 0 Å². The van der Waals surface area contributed by atoms with Crippen molar-refractivity contribution in [3.63, 3.8) is 0 Å². The molecule has 2 aliphatic rings. The van der Waals surface area contributed by atoms with Gasteiger partial charge in [-0.2, -0.15) is 0 Å². The van der Waals surface area contributed by atoms with E-state index >= 15 is 0 Å². The van der Waals surface area contributed by atoms with E-state index < -0.39 is 8.32 Å². The number of benzene rings is 1. The fraction of sp³-hybridized carbons (Fsp3) is 0.714. The van der Waals surface area contributed by atoms with Crippen LogP contribution in [0.3, 0.4) is 0 Å². The maximum Gasteiger partial charge on any atom is 0.230 e. The van der Waals surface area contributed by atoms with Gasteiger partial charge in [0, 0.05) is 6.10 Å². The Morgan fingerprint density at radius 2 is 1.26 bits per heavy atom. The van der Waals surface area contributed by atoms with Crippen molar-refractivity contribution in [1.29, 1.82) is 0 Å². The van der Waals surface area contributed by atoms with Crippen LogP contribution in [0, 0.1) is 0 Å². The van der Waals surface area contributed by atoms with E-state index in [-0.39, 0.29) is 0 Å². The van der Waals surface area contributed by atoms with Crippen LogP contribution < -0.4 is 5.19 Å². The summed E-state index contributed by atoms with van der Waals surface area (Å²) in [5, 5.41) is 1.59. The molecule has 0 radical (unpaired) electrons. The van der Waals surface area contributed by atoms with E-state index in [9.17, 15) is 0 Å². The highest BCUT2D eigenvalue weighted by Gasteiger charge is 2.51. The molecule has 23 heavy (non-hydrogen) atoms. The number of hydrogen-bond acceptors (Lipinski definition) is 1. The summed E-state index contributed by atoms with van der Waals surface area (Å²) in [7, 11) is -1.93. The number of rotatable bonds is 5. The SMILES string of the molecule is CC(C)O[Si](c1ccccc1)(C1CCCCC1)C1CCCCC1. The quantitative estimate of drug-likeness (QED) is 0.608. The Hall–Kier alpha value is -0.603. The van der Waals surface area contributed by atoms with Gasteiger partial charge in [0.1, 0.15) is 0 Å². The minimum Gasteiger partial charge on any atom is -0.409 e. The molecule has 0 saturated heterocycles. The Morgan fingerprint density at radius 1 is 0.783 bits per heavy atom. The van der Waals surface area contributed by atoms with Gasteiger partial charge in [-0.05, 0) is 30.1 Å². The standard InChI is InChI=1S/C21H34OSi/c1-18(2)22-23(19-12-6-3-7-13-19,20-14-8-4-9-15-20)21-16-10-5-11-17-21/h3,6-7,12-13,18,20-21H,4-5,8-11,14-17H2,1-2H3. The van der Waals surface area contributed by atoms with E-state index in [0.29, 0.717) is 6.10 Å². The maximum absolute atomic E-state index is 7.04. The average molecular weight is 331 g/mol. The molecule has 0 spiro atoms. The fourth-order valence-corrected chi connectivity index (χ4v) is 11.4. The number of hydrogen-bond donors (Lipinski definition) is 0. The normalized spacial score (nSPS) is 21.7. The molecule has 2 heteroatoms. The van der Waals surface area contributed by atoms with Crippen LogP contribution in [0.1, 0.15) is 78.1 Å². The van der Waals surface area contributed by atoms with Gasteiger partial charge in [0.05, 0.1) is 0 Å². The van der Waals surface area contributed by atoms with Crippen LogP contribution >= 0.6 is 0 Å². The van der Waals surface area contributed by atoms with E-state index in [4.69, 9.17) is 4.43 Å². The lowest BCUT2D eigenvalue weighted by Gasteiger charge is -2.48. The zero-order valence-corrected chi connectivity index (χ0v) is 16.1. The predicted octanol–water partition coefficient (Wildman–Crippen LogP) is 5.93. The Kier molecular flexibility index (Phi) is 5.98. The molecule has 0 bridgehead atoms. The van der Waals surface area contributed by atoms with E-state index in [2.05, 4.69) is 44.2 Å². The maximum atomic E-state index is 7.04. The van der Waals surface area contributed by atoms with Crippen LogP contribution in [0.15, 0.2) is 30.3 Å². The van der Waals surface area contributed by atoms with Crippen LogP contribution in [-0.2, 0) is 4.43 Å². The van der Waals surface area contributed by atoms with Gasteiger partial charge in [0.25, 0.3) is 0 Å². The topological polar surface area (TPSA) is 9.23 Å². The Labute approximate surface area is 144 Å². The van der Waals surface area contributed by atoms with E-state index in [0.717, 1.165) is 11.1 Å². The molecular formula is C21H34OSi. The van der Waals surface area contributed by atoms with Crippen molar-refractivity contribution in [2.24, 2.45) is 0 Å². The van der Waals surface area contributed by atoms with Crippen LogP contribution in [0.25, 0.3) is 0 Å². The smallest absolute Gasteiger partial charge is 0.230 e. The largest absolute Gasteiger partial charge is 0.409 e. The van der Waals surface area contributed by atoms with Gasteiger partial charge < -0.3 is 4.43 Å². The molecule has 0 amide bonds. The highest BCUT2D eigenvalue weighted by atomic mass is 28.4. The summed E-state index contributed by atoms with van der Waals surface area (Å²) >= 11 is 0. The molecular weight excluding hydrogens is 296 g/mol. The third kappa shape index (κ3) is 3.74. The van der Waals surface area contributed by atoms with Gasteiger partial charge in [-0.1, -0.05) is 94.5 Å². The molecule has 0 N–H and O–H groups in total. The van der Waals surface area contributed by atoms with Gasteiger partial charge in [-0.15, -0.1) is 0 Å². The first kappa shape index (κ1) is 17.2. The van der Waals surface area contributed by atoms with Crippen LogP contribution in [0.2, 0.25) is 11.1 Å². The van der Waals surface area contributed by atoms with Crippen molar-refractivity contribution < 1.29 is 4.43 Å². The van der Waals surface area contributed by atoms with Crippen molar-refractivity contribution >= 4 is 13.5 Å². The summed E-state index contributed by atoms with van der Waals surface area (Å²) in [5.41, 5.74) is 1.67. The lowest BCUT2D eigenvalue weighted by molar-refractivity contribution is 0.207. The van der Waals surface area contributed by atoms with Crippen LogP contribution in [0.5, 0.6) is 0 Å². The van der Waals surface area contributed by atoms with Gasteiger partial charge in [0.2, 0.25) is 8.32 Å². The molecule has 1 nitrogen and oxygen atoms in total. The molecule has 128 valence electrons. The van der Waals surface area contributed by atoms with E-state index in [1.54, 1.807) is 5.19 Å². The van der Waals surface area contributed by atoms with E-state index in [1.165, 1.54) is 64.2 Å². The summed E-state index contributed by atoms with van der Waals surface area (Å²) < 4.78 is 7.04. The summed E-state index contributed by atoms with van der Waals surface area (Å²) in [4.78, 5) is 0. The molecule has 1 aromatic rings. The Morgan fingerprint density at radius 3 is 1.70 bits per heavy atom. The van der Waals surface area contributed by atoms with Gasteiger partial charge in [0.15, 0.2) is 0 Å². The summed E-state index contributed by atoms with van der Waals surface area (Å²) in [6, 6.07) is 11.5. The van der Waals surface area contributed by atoms with Crippen molar-refractivity contribution in [2.75, 3.05) is 0 Å². The monoisotopic (exact) mass is 330 g/mol. The zero-order valence-electron chi connectivity index (χ0n) is 15.1. The molecule has 0 atom stereocenters. The molecule has 0 unspecified atom stereocenters. The first-order valence-electron chi connectivity index (χ1n) is 9.97. The first-order valence-corrected chi connectivity index (χ1v) is 12.0. The van der Waals surface area contributed by atoms with Gasteiger partial charge in [-0.3, -0.25) is 0 Å². The molecule has 0 heterocycles. The van der Waals surface area contributed by atoms with Crippen molar-refractivity contribution in [2.45, 2.75) is 95.2 Å². The fourth-order valence-electron chi connectivity index (χ4n) is 5.22. The summed E-state index contributed by atoms with van der Waals surface area (Å²) in [5.74, 6) is 0. The minimum atomic E-state index is -1.93. The molecule has 2 aliphatic carbocycles. The first-order chi connectivity index (χ1) is 11.2. The van der Waals surface area contributed by atoms with Crippen LogP contribution in [0.4, 0.5) is 0 Å². The molecule has 0 aliphatic heterocycles. The molecule has 1 aromatic carbocycles. The molecule has 2 saturated carbocycles.